The number of nitrogens with one attached hydrogen (secondary N) is 2. The molecular formula is C12H17N3O6. The van der Waals surface area contributed by atoms with Gasteiger partial charge in [-0.3, -0.25) is 15.2 Å². The monoisotopic (exact) mass is 299 g/mol. The van der Waals surface area contributed by atoms with Gasteiger partial charge in [-0.15, -0.1) is 0 Å². The van der Waals surface area contributed by atoms with Gasteiger partial charge in [0.2, 0.25) is 0 Å². The standard InChI is InChI=1S/C12H17N3O6/c16-8(9(17)10(18)11(19)12(20)21)6-15-14-5-7-1-3-13-4-2-7/h1-4,9-11,14-15,17-19H,5-6H2,(H,20,21)/t9-,10+,11+/m1/s1. The number of aliphatic hydroxyl groups is 3. The zero-order chi connectivity index (χ0) is 15.8. The normalized spacial score (nSPS) is 15.2. The van der Waals surface area contributed by atoms with Crippen LogP contribution >= 0.6 is 0 Å². The first-order valence-electron chi connectivity index (χ1n) is 6.08. The van der Waals surface area contributed by atoms with Crippen LogP contribution in [0.15, 0.2) is 24.5 Å². The molecule has 1 rings (SSSR count). The van der Waals surface area contributed by atoms with E-state index in [9.17, 15) is 19.8 Å². The summed E-state index contributed by atoms with van der Waals surface area (Å²) in [5.41, 5.74) is 6.13. The highest BCUT2D eigenvalue weighted by molar-refractivity contribution is 5.86. The van der Waals surface area contributed by atoms with Gasteiger partial charge in [0.15, 0.2) is 11.9 Å². The Balaban J connectivity index is 2.31. The third kappa shape index (κ3) is 5.53. The number of aliphatic carboxylic acids is 1. The summed E-state index contributed by atoms with van der Waals surface area (Å²) in [6, 6.07) is 3.52. The Hall–Kier alpha value is -1.91. The Morgan fingerprint density at radius 3 is 2.29 bits per heavy atom. The van der Waals surface area contributed by atoms with Crippen molar-refractivity contribution in [2.45, 2.75) is 24.9 Å². The molecule has 6 N–H and O–H groups in total. The minimum atomic E-state index is -2.23. The molecule has 0 aromatic carbocycles. The highest BCUT2D eigenvalue weighted by Gasteiger charge is 2.33. The average Bonchev–Trinajstić information content (AvgIpc) is 2.50. The molecule has 0 bridgehead atoms. The highest BCUT2D eigenvalue weighted by Crippen LogP contribution is 2.02. The van der Waals surface area contributed by atoms with Crippen molar-refractivity contribution in [1.29, 1.82) is 0 Å². The van der Waals surface area contributed by atoms with E-state index in [1.165, 1.54) is 0 Å². The number of Topliss-reactive ketones (excluding diaryl/α,β-unsaturated/α-hetero) is 1. The van der Waals surface area contributed by atoms with Crippen LogP contribution in [0, 0.1) is 0 Å². The fourth-order valence-electron chi connectivity index (χ4n) is 1.43. The van der Waals surface area contributed by atoms with Crippen LogP contribution in [0.4, 0.5) is 0 Å². The first kappa shape index (κ1) is 17.1. The summed E-state index contributed by atoms with van der Waals surface area (Å²) in [7, 11) is 0. The molecule has 0 fully saturated rings. The molecule has 0 aliphatic carbocycles. The maximum Gasteiger partial charge on any atom is 0.335 e. The second-order valence-corrected chi connectivity index (χ2v) is 4.25. The number of aromatic nitrogens is 1. The van der Waals surface area contributed by atoms with Crippen molar-refractivity contribution >= 4 is 11.8 Å². The topological polar surface area (TPSA) is 152 Å². The lowest BCUT2D eigenvalue weighted by Crippen LogP contribution is -2.49. The second kappa shape index (κ2) is 8.39. The van der Waals surface area contributed by atoms with Gasteiger partial charge in [-0.2, -0.15) is 0 Å². The van der Waals surface area contributed by atoms with Crippen LogP contribution in [0.3, 0.4) is 0 Å². The summed E-state index contributed by atoms with van der Waals surface area (Å²) in [6.07, 6.45) is -3.09. The van der Waals surface area contributed by atoms with Crippen LogP contribution < -0.4 is 10.9 Å². The van der Waals surface area contributed by atoms with E-state index in [0.717, 1.165) is 5.56 Å². The number of nitrogens with zero attached hydrogens (tertiary/aromatic N) is 1. The maximum absolute atomic E-state index is 11.5. The van der Waals surface area contributed by atoms with Gasteiger partial charge in [0, 0.05) is 18.9 Å². The van der Waals surface area contributed by atoms with E-state index in [1.807, 2.05) is 0 Å². The third-order valence-electron chi connectivity index (χ3n) is 2.66. The number of carbonyl (C=O) groups is 2. The Morgan fingerprint density at radius 2 is 1.71 bits per heavy atom. The SMILES string of the molecule is O=C(O)[C@@H](O)[C@@H](O)[C@H](O)C(=O)CNNCc1ccncc1. The molecule has 0 spiro atoms. The van der Waals surface area contributed by atoms with E-state index in [-0.39, 0.29) is 6.54 Å². The molecule has 9 nitrogen and oxygen atoms in total. The van der Waals surface area contributed by atoms with Crippen LogP contribution in [-0.2, 0) is 16.1 Å². The van der Waals surface area contributed by atoms with Gasteiger partial charge in [-0.05, 0) is 17.7 Å². The molecule has 0 saturated carbocycles. The number of pyridine rings is 1. The van der Waals surface area contributed by atoms with E-state index >= 15 is 0 Å². The van der Waals surface area contributed by atoms with Gasteiger partial charge in [0.05, 0.1) is 6.54 Å². The molecule has 1 heterocycles. The van der Waals surface area contributed by atoms with E-state index in [0.29, 0.717) is 6.54 Å². The molecule has 3 atom stereocenters. The van der Waals surface area contributed by atoms with Gasteiger partial charge in [-0.25, -0.2) is 10.2 Å². The molecule has 0 radical (unpaired) electrons. The summed E-state index contributed by atoms with van der Waals surface area (Å²) < 4.78 is 0. The molecular weight excluding hydrogens is 282 g/mol. The van der Waals surface area contributed by atoms with Gasteiger partial charge in [-0.1, -0.05) is 0 Å². The van der Waals surface area contributed by atoms with E-state index in [4.69, 9.17) is 10.2 Å². The maximum atomic E-state index is 11.5. The predicted molar refractivity (Wildman–Crippen MR) is 69.7 cm³/mol. The molecule has 9 heteroatoms. The lowest BCUT2D eigenvalue weighted by atomic mass is 10.0. The van der Waals surface area contributed by atoms with Crippen molar-refractivity contribution in [3.05, 3.63) is 30.1 Å². The number of rotatable bonds is 9. The van der Waals surface area contributed by atoms with Gasteiger partial charge in [0.1, 0.15) is 12.2 Å². The van der Waals surface area contributed by atoms with Crippen molar-refractivity contribution in [2.24, 2.45) is 0 Å². The van der Waals surface area contributed by atoms with Crippen LogP contribution in [0.5, 0.6) is 0 Å². The minimum absolute atomic E-state index is 0.352. The summed E-state index contributed by atoms with van der Waals surface area (Å²) in [5, 5.41) is 36.2. The molecule has 0 unspecified atom stereocenters. The number of hydrazine groups is 1. The number of carboxylic acid groups (broad SMARTS) is 1. The molecule has 0 aliphatic rings. The lowest BCUT2D eigenvalue weighted by molar-refractivity contribution is -0.160. The largest absolute Gasteiger partial charge is 0.479 e. The number of aliphatic hydroxyl groups excluding tert-OH is 3. The highest BCUT2D eigenvalue weighted by atomic mass is 16.4. The summed E-state index contributed by atoms with van der Waals surface area (Å²) in [6.45, 7) is 0.0435. The molecule has 1 aromatic heterocycles. The first-order valence-corrected chi connectivity index (χ1v) is 6.08. The molecule has 0 saturated heterocycles. The molecule has 21 heavy (non-hydrogen) atoms. The summed E-state index contributed by atoms with van der Waals surface area (Å²) >= 11 is 0. The van der Waals surface area contributed by atoms with Crippen LogP contribution in [0.25, 0.3) is 0 Å². The van der Waals surface area contributed by atoms with Crippen LogP contribution in [0.1, 0.15) is 5.56 Å². The van der Waals surface area contributed by atoms with E-state index in [1.54, 1.807) is 24.5 Å². The molecule has 0 aliphatic heterocycles. The number of carbonyl (C=O) groups excluding carboxylic acids is 1. The zero-order valence-corrected chi connectivity index (χ0v) is 11.0. The molecule has 0 amide bonds. The van der Waals surface area contributed by atoms with Gasteiger partial charge in [0.25, 0.3) is 0 Å². The number of hydrogen-bond acceptors (Lipinski definition) is 8. The average molecular weight is 299 g/mol. The number of carboxylic acids is 1. The van der Waals surface area contributed by atoms with Crippen molar-refractivity contribution in [3.8, 4) is 0 Å². The van der Waals surface area contributed by atoms with Crippen LogP contribution in [0.2, 0.25) is 0 Å². The second-order valence-electron chi connectivity index (χ2n) is 4.25. The quantitative estimate of drug-likeness (QED) is 0.213. The molecule has 1 aromatic rings. The van der Waals surface area contributed by atoms with Crippen molar-refractivity contribution in [3.63, 3.8) is 0 Å². The fourth-order valence-corrected chi connectivity index (χ4v) is 1.43. The Morgan fingerprint density at radius 1 is 1.10 bits per heavy atom. The van der Waals surface area contributed by atoms with Crippen molar-refractivity contribution < 1.29 is 30.0 Å². The Labute approximate surface area is 120 Å². The Kier molecular flexibility index (Phi) is 6.85. The lowest BCUT2D eigenvalue weighted by Gasteiger charge is -2.19. The minimum Gasteiger partial charge on any atom is -0.479 e. The van der Waals surface area contributed by atoms with Gasteiger partial charge >= 0.3 is 5.97 Å². The van der Waals surface area contributed by atoms with E-state index in [2.05, 4.69) is 15.8 Å². The van der Waals surface area contributed by atoms with Crippen LogP contribution in [-0.4, -0.2) is 62.0 Å². The Bertz CT molecular complexity index is 469. The van der Waals surface area contributed by atoms with Crippen molar-refractivity contribution in [1.82, 2.24) is 15.8 Å². The molecule has 116 valence electrons. The van der Waals surface area contributed by atoms with Crippen molar-refractivity contribution in [2.75, 3.05) is 6.54 Å². The van der Waals surface area contributed by atoms with E-state index < -0.39 is 30.1 Å². The predicted octanol–water partition coefficient (Wildman–Crippen LogP) is -2.59. The summed E-state index contributed by atoms with van der Waals surface area (Å²) in [4.78, 5) is 25.8. The number of hydrogen-bond donors (Lipinski definition) is 6. The summed E-state index contributed by atoms with van der Waals surface area (Å²) in [5.74, 6) is -2.58. The number of ketones is 1. The first-order chi connectivity index (χ1) is 9.93. The smallest absolute Gasteiger partial charge is 0.335 e. The zero-order valence-electron chi connectivity index (χ0n) is 11.0. The van der Waals surface area contributed by atoms with Gasteiger partial charge < -0.3 is 20.4 Å². The third-order valence-corrected chi connectivity index (χ3v) is 2.66. The fraction of sp³-hybridized carbons (Fsp3) is 0.417.